The number of carbonyl (C=O) groups excluding carboxylic acids is 1. The molecule has 2 aliphatic heterocycles. The van der Waals surface area contributed by atoms with Crippen molar-refractivity contribution in [2.45, 2.75) is 24.3 Å². The van der Waals surface area contributed by atoms with Crippen molar-refractivity contribution in [3.63, 3.8) is 0 Å². The number of amidine groups is 1. The fourth-order valence-electron chi connectivity index (χ4n) is 4.33. The minimum absolute atomic E-state index is 0.0139. The van der Waals surface area contributed by atoms with Crippen molar-refractivity contribution in [3.8, 4) is 11.4 Å². The summed E-state index contributed by atoms with van der Waals surface area (Å²) < 4.78 is 35.6. The van der Waals surface area contributed by atoms with Gasteiger partial charge in [-0.3, -0.25) is 4.79 Å². The highest BCUT2D eigenvalue weighted by molar-refractivity contribution is 7.90. The van der Waals surface area contributed by atoms with Gasteiger partial charge in [0, 0.05) is 30.8 Å². The third-order valence-electron chi connectivity index (χ3n) is 6.20. The van der Waals surface area contributed by atoms with Gasteiger partial charge in [-0.05, 0) is 55.3 Å². The Morgan fingerprint density at radius 2 is 1.82 bits per heavy atom. The van der Waals surface area contributed by atoms with Gasteiger partial charge < -0.3 is 15.0 Å². The van der Waals surface area contributed by atoms with E-state index >= 15 is 0 Å². The summed E-state index contributed by atoms with van der Waals surface area (Å²) in [6, 6.07) is 16.3. The second-order valence-electron chi connectivity index (χ2n) is 8.31. The number of rotatable bonds is 5. The van der Waals surface area contributed by atoms with Crippen molar-refractivity contribution in [3.05, 3.63) is 72.1 Å². The third kappa shape index (κ3) is 4.28. The second kappa shape index (κ2) is 8.94. The lowest BCUT2D eigenvalue weighted by Crippen LogP contribution is -2.43. The number of benzene rings is 2. The second-order valence-corrected chi connectivity index (χ2v) is 9.89. The number of hydrogen-bond donors (Lipinski definition) is 1. The van der Waals surface area contributed by atoms with Crippen LogP contribution in [-0.4, -0.2) is 55.0 Å². The topological polar surface area (TPSA) is 106 Å². The van der Waals surface area contributed by atoms with Gasteiger partial charge in [-0.15, -0.1) is 4.40 Å². The van der Waals surface area contributed by atoms with Gasteiger partial charge in [0.05, 0.1) is 25.0 Å². The van der Waals surface area contributed by atoms with E-state index in [0.717, 1.165) is 17.1 Å². The smallest absolute Gasteiger partial charge is 0.285 e. The van der Waals surface area contributed by atoms with E-state index in [2.05, 4.69) is 14.8 Å². The predicted octanol–water partition coefficient (Wildman–Crippen LogP) is 2.36. The van der Waals surface area contributed by atoms with Crippen LogP contribution in [0.2, 0.25) is 0 Å². The van der Waals surface area contributed by atoms with Crippen LogP contribution in [0.25, 0.3) is 5.69 Å². The number of hydrogen-bond acceptors (Lipinski definition) is 6. The van der Waals surface area contributed by atoms with Crippen LogP contribution < -0.4 is 10.1 Å². The standard InChI is InChI=1S/C24H25N5O4S/c1-33-20-8-6-19(7-9-20)29-15-12-18(26-29)16-25-24(30)17-10-13-28(14-11-17)23-21-4-2-3-5-22(21)34(31,32)27-23/h2-9,12,15,17H,10-11,13-14,16H2,1H3,(H,25,30). The molecule has 0 saturated carbocycles. The number of fused-ring (bicyclic) bond motifs is 1. The fourth-order valence-corrected chi connectivity index (χ4v) is 5.55. The van der Waals surface area contributed by atoms with Gasteiger partial charge in [-0.2, -0.15) is 13.5 Å². The van der Waals surface area contributed by atoms with Gasteiger partial charge in [0.25, 0.3) is 10.0 Å². The molecule has 1 N–H and O–H groups in total. The molecule has 2 aliphatic rings. The van der Waals surface area contributed by atoms with E-state index in [1.54, 1.807) is 30.0 Å². The van der Waals surface area contributed by atoms with Crippen molar-refractivity contribution in [1.82, 2.24) is 20.0 Å². The molecule has 10 heteroatoms. The minimum atomic E-state index is -3.64. The zero-order valence-corrected chi connectivity index (χ0v) is 19.5. The van der Waals surface area contributed by atoms with E-state index in [9.17, 15) is 13.2 Å². The Morgan fingerprint density at radius 1 is 1.09 bits per heavy atom. The van der Waals surface area contributed by atoms with E-state index in [-0.39, 0.29) is 16.7 Å². The number of nitrogens with one attached hydrogen (secondary N) is 1. The molecule has 9 nitrogen and oxygen atoms in total. The van der Waals surface area contributed by atoms with Crippen molar-refractivity contribution >= 4 is 21.8 Å². The van der Waals surface area contributed by atoms with Crippen molar-refractivity contribution in [2.75, 3.05) is 20.2 Å². The van der Waals surface area contributed by atoms with Gasteiger partial charge in [0.2, 0.25) is 5.91 Å². The molecule has 0 aliphatic carbocycles. The molecule has 0 atom stereocenters. The van der Waals surface area contributed by atoms with Crippen LogP contribution >= 0.6 is 0 Å². The first-order valence-corrected chi connectivity index (χ1v) is 12.5. The molecule has 5 rings (SSSR count). The molecule has 3 heterocycles. The third-order valence-corrected chi connectivity index (χ3v) is 7.53. The Morgan fingerprint density at radius 3 is 2.56 bits per heavy atom. The minimum Gasteiger partial charge on any atom is -0.497 e. The monoisotopic (exact) mass is 479 g/mol. The first-order chi connectivity index (χ1) is 16.4. The predicted molar refractivity (Wildman–Crippen MR) is 126 cm³/mol. The summed E-state index contributed by atoms with van der Waals surface area (Å²) in [7, 11) is -2.02. The van der Waals surface area contributed by atoms with Crippen LogP contribution in [0.3, 0.4) is 0 Å². The molecule has 176 valence electrons. The zero-order valence-electron chi connectivity index (χ0n) is 18.7. The highest BCUT2D eigenvalue weighted by Gasteiger charge is 2.34. The van der Waals surface area contributed by atoms with Crippen LogP contribution in [0, 0.1) is 5.92 Å². The lowest BCUT2D eigenvalue weighted by atomic mass is 9.95. The Balaban J connectivity index is 1.16. The molecular formula is C24H25N5O4S. The summed E-state index contributed by atoms with van der Waals surface area (Å²) in [5.41, 5.74) is 2.31. The lowest BCUT2D eigenvalue weighted by Gasteiger charge is -2.32. The molecule has 1 aromatic heterocycles. The van der Waals surface area contributed by atoms with E-state index in [4.69, 9.17) is 4.74 Å². The molecule has 2 aromatic carbocycles. The molecule has 1 saturated heterocycles. The van der Waals surface area contributed by atoms with E-state index in [0.29, 0.717) is 43.9 Å². The van der Waals surface area contributed by atoms with E-state index in [1.807, 2.05) is 47.5 Å². The number of likely N-dealkylation sites (tertiary alicyclic amines) is 1. The van der Waals surface area contributed by atoms with Crippen LogP contribution in [-0.2, 0) is 21.4 Å². The Bertz CT molecular complexity index is 1340. The maximum atomic E-state index is 12.7. The number of carbonyl (C=O) groups is 1. The maximum Gasteiger partial charge on any atom is 0.285 e. The van der Waals surface area contributed by atoms with E-state index < -0.39 is 10.0 Å². The van der Waals surface area contributed by atoms with Crippen LogP contribution in [0.15, 0.2) is 70.1 Å². The largest absolute Gasteiger partial charge is 0.497 e. The van der Waals surface area contributed by atoms with Gasteiger partial charge in [0.1, 0.15) is 10.6 Å². The highest BCUT2D eigenvalue weighted by Crippen LogP contribution is 2.29. The summed E-state index contributed by atoms with van der Waals surface area (Å²) in [5, 5.41) is 7.52. The number of methoxy groups -OCH3 is 1. The quantitative estimate of drug-likeness (QED) is 0.602. The number of ether oxygens (including phenoxy) is 1. The maximum absolute atomic E-state index is 12.7. The van der Waals surface area contributed by atoms with Crippen LogP contribution in [0.1, 0.15) is 24.1 Å². The van der Waals surface area contributed by atoms with Gasteiger partial charge >= 0.3 is 0 Å². The number of sulfonamides is 1. The van der Waals surface area contributed by atoms with Crippen molar-refractivity contribution in [1.29, 1.82) is 0 Å². The number of aromatic nitrogens is 2. The Labute approximate surface area is 198 Å². The molecule has 1 fully saturated rings. The summed E-state index contributed by atoms with van der Waals surface area (Å²) in [6.45, 7) is 1.50. The molecule has 0 bridgehead atoms. The number of piperidine rings is 1. The number of amides is 1. The zero-order chi connectivity index (χ0) is 23.7. The highest BCUT2D eigenvalue weighted by atomic mass is 32.2. The lowest BCUT2D eigenvalue weighted by molar-refractivity contribution is -0.126. The summed E-state index contributed by atoms with van der Waals surface area (Å²) in [4.78, 5) is 15.0. The van der Waals surface area contributed by atoms with Gasteiger partial charge in [-0.25, -0.2) is 4.68 Å². The van der Waals surface area contributed by atoms with Crippen LogP contribution in [0.4, 0.5) is 0 Å². The fraction of sp³-hybridized carbons (Fsp3) is 0.292. The van der Waals surface area contributed by atoms with Crippen molar-refractivity contribution in [2.24, 2.45) is 10.3 Å². The summed E-state index contributed by atoms with van der Waals surface area (Å²) in [6.07, 6.45) is 3.12. The summed E-state index contributed by atoms with van der Waals surface area (Å²) >= 11 is 0. The average Bonchev–Trinajstić information content (AvgIpc) is 3.45. The first-order valence-electron chi connectivity index (χ1n) is 11.1. The summed E-state index contributed by atoms with van der Waals surface area (Å²) in [5.74, 6) is 1.12. The molecule has 0 spiro atoms. The molecule has 3 aromatic rings. The van der Waals surface area contributed by atoms with E-state index in [1.165, 1.54) is 0 Å². The Kier molecular flexibility index (Phi) is 5.82. The first kappa shape index (κ1) is 22.1. The average molecular weight is 480 g/mol. The van der Waals surface area contributed by atoms with Crippen LogP contribution in [0.5, 0.6) is 5.75 Å². The van der Waals surface area contributed by atoms with Crippen molar-refractivity contribution < 1.29 is 17.9 Å². The molecule has 0 unspecified atom stereocenters. The number of nitrogens with zero attached hydrogens (tertiary/aromatic N) is 4. The molecule has 34 heavy (non-hydrogen) atoms. The van der Waals surface area contributed by atoms with Gasteiger partial charge in [-0.1, -0.05) is 12.1 Å². The van der Waals surface area contributed by atoms with Gasteiger partial charge in [0.15, 0.2) is 5.84 Å². The normalized spacial score (nSPS) is 17.2. The molecule has 1 amide bonds. The SMILES string of the molecule is COc1ccc(-n2ccc(CNC(=O)C3CCN(C4=NS(=O)(=O)c5ccccc54)CC3)n2)cc1. The Hall–Kier alpha value is -3.66. The molecular weight excluding hydrogens is 454 g/mol. The molecule has 0 radical (unpaired) electrons.